The van der Waals surface area contributed by atoms with Gasteiger partial charge in [-0.2, -0.15) is 0 Å². The Labute approximate surface area is 83.8 Å². The summed E-state index contributed by atoms with van der Waals surface area (Å²) in [6.07, 6.45) is 1.21. The minimum Gasteiger partial charge on any atom is -0.464 e. The first-order valence-electron chi connectivity index (χ1n) is 4.77. The lowest BCUT2D eigenvalue weighted by Gasteiger charge is -2.05. The van der Waals surface area contributed by atoms with Crippen molar-refractivity contribution in [2.24, 2.45) is 0 Å². The van der Waals surface area contributed by atoms with Crippen molar-refractivity contribution in [3.05, 3.63) is 0 Å². The van der Waals surface area contributed by atoms with Gasteiger partial charge in [0, 0.05) is 0 Å². The third-order valence-electron chi connectivity index (χ3n) is 1.41. The summed E-state index contributed by atoms with van der Waals surface area (Å²) in [6, 6.07) is 0. The highest BCUT2D eigenvalue weighted by Crippen LogP contribution is 1.88. The van der Waals surface area contributed by atoms with Gasteiger partial charge in [-0.1, -0.05) is 13.3 Å². The quantitative estimate of drug-likeness (QED) is 0.518. The van der Waals surface area contributed by atoms with Gasteiger partial charge < -0.3 is 14.8 Å². The molecule has 0 aromatic rings. The minimum absolute atomic E-state index is 0.136. The molecule has 0 aromatic heterocycles. The standard InChI is InChI=1S/C9H17NO4/c1-3-5-6-14-8(11)7-10-9(12)13-4-2/h3-7H2,1-2H3,(H,10,12). The Hall–Kier alpha value is -1.26. The Kier molecular flexibility index (Phi) is 7.59. The molecular weight excluding hydrogens is 186 g/mol. The fraction of sp³-hybridized carbons (Fsp3) is 0.778. The number of esters is 1. The van der Waals surface area contributed by atoms with Crippen LogP contribution in [0.1, 0.15) is 26.7 Å². The molecular formula is C9H17NO4. The lowest BCUT2D eigenvalue weighted by atomic mass is 10.4. The summed E-state index contributed by atoms with van der Waals surface area (Å²) in [7, 11) is 0. The van der Waals surface area contributed by atoms with Gasteiger partial charge in [0.05, 0.1) is 13.2 Å². The highest BCUT2D eigenvalue weighted by molar-refractivity contribution is 5.77. The first-order chi connectivity index (χ1) is 6.70. The molecule has 0 aliphatic carbocycles. The molecule has 0 unspecified atom stereocenters. The molecule has 0 atom stereocenters. The van der Waals surface area contributed by atoms with Crippen LogP contribution in [0.2, 0.25) is 0 Å². The zero-order chi connectivity index (χ0) is 10.8. The molecule has 0 heterocycles. The van der Waals surface area contributed by atoms with Gasteiger partial charge in [0.1, 0.15) is 6.54 Å². The highest BCUT2D eigenvalue weighted by atomic mass is 16.6. The van der Waals surface area contributed by atoms with Crippen LogP contribution in [-0.2, 0) is 14.3 Å². The number of amides is 1. The average Bonchev–Trinajstić information content (AvgIpc) is 2.16. The summed E-state index contributed by atoms with van der Waals surface area (Å²) in [5, 5.41) is 2.27. The van der Waals surface area contributed by atoms with Gasteiger partial charge in [-0.25, -0.2) is 4.79 Å². The van der Waals surface area contributed by atoms with Crippen LogP contribution in [-0.4, -0.2) is 31.8 Å². The number of hydrogen-bond acceptors (Lipinski definition) is 4. The molecule has 5 heteroatoms. The summed E-state index contributed by atoms with van der Waals surface area (Å²) < 4.78 is 9.36. The lowest BCUT2D eigenvalue weighted by Crippen LogP contribution is -2.31. The molecule has 0 aromatic carbocycles. The van der Waals surface area contributed by atoms with Gasteiger partial charge in [-0.15, -0.1) is 0 Å². The first kappa shape index (κ1) is 12.7. The molecule has 5 nitrogen and oxygen atoms in total. The molecule has 0 spiro atoms. The number of carbonyl (C=O) groups is 2. The first-order valence-corrected chi connectivity index (χ1v) is 4.77. The predicted octanol–water partition coefficient (Wildman–Crippen LogP) is 1.08. The van der Waals surface area contributed by atoms with Crippen molar-refractivity contribution in [3.63, 3.8) is 0 Å². The maximum Gasteiger partial charge on any atom is 0.407 e. The van der Waals surface area contributed by atoms with Crippen LogP contribution in [0.25, 0.3) is 0 Å². The Balaban J connectivity index is 3.39. The van der Waals surface area contributed by atoms with E-state index in [0.717, 1.165) is 12.8 Å². The fourth-order valence-electron chi connectivity index (χ4n) is 0.708. The van der Waals surface area contributed by atoms with Crippen molar-refractivity contribution < 1.29 is 19.1 Å². The van der Waals surface area contributed by atoms with Gasteiger partial charge in [-0.3, -0.25) is 4.79 Å². The summed E-state index contributed by atoms with van der Waals surface area (Å²) in [5.74, 6) is -0.438. The molecule has 0 aliphatic rings. The second-order valence-electron chi connectivity index (χ2n) is 2.65. The topological polar surface area (TPSA) is 64.6 Å². The van der Waals surface area contributed by atoms with E-state index in [0.29, 0.717) is 6.61 Å². The third-order valence-corrected chi connectivity index (χ3v) is 1.41. The Bertz CT molecular complexity index is 182. The SMILES string of the molecule is CCCCOC(=O)CNC(=O)OCC. The normalized spacial score (nSPS) is 9.29. The molecule has 0 rings (SSSR count). The molecule has 82 valence electrons. The van der Waals surface area contributed by atoms with E-state index in [1.807, 2.05) is 6.92 Å². The van der Waals surface area contributed by atoms with E-state index in [1.54, 1.807) is 6.92 Å². The van der Waals surface area contributed by atoms with E-state index in [1.165, 1.54) is 0 Å². The Morgan fingerprint density at radius 2 is 1.93 bits per heavy atom. The average molecular weight is 203 g/mol. The smallest absolute Gasteiger partial charge is 0.407 e. The molecule has 1 N–H and O–H groups in total. The van der Waals surface area contributed by atoms with Crippen LogP contribution >= 0.6 is 0 Å². The minimum atomic E-state index is -0.597. The largest absolute Gasteiger partial charge is 0.464 e. The van der Waals surface area contributed by atoms with Crippen molar-refractivity contribution in [1.29, 1.82) is 0 Å². The van der Waals surface area contributed by atoms with E-state index >= 15 is 0 Å². The second-order valence-corrected chi connectivity index (χ2v) is 2.65. The maximum atomic E-state index is 10.9. The number of carbonyl (C=O) groups excluding carboxylic acids is 2. The Morgan fingerprint density at radius 3 is 2.50 bits per heavy atom. The van der Waals surface area contributed by atoms with E-state index in [4.69, 9.17) is 4.74 Å². The van der Waals surface area contributed by atoms with E-state index in [-0.39, 0.29) is 13.2 Å². The number of unbranched alkanes of at least 4 members (excludes halogenated alkanes) is 1. The zero-order valence-electron chi connectivity index (χ0n) is 8.67. The summed E-state index contributed by atoms with van der Waals surface area (Å²) in [6.45, 7) is 4.25. The van der Waals surface area contributed by atoms with Gasteiger partial charge >= 0.3 is 12.1 Å². The lowest BCUT2D eigenvalue weighted by molar-refractivity contribution is -0.142. The van der Waals surface area contributed by atoms with Crippen LogP contribution in [0.5, 0.6) is 0 Å². The number of ether oxygens (including phenoxy) is 2. The highest BCUT2D eigenvalue weighted by Gasteiger charge is 2.05. The van der Waals surface area contributed by atoms with Crippen LogP contribution in [0.3, 0.4) is 0 Å². The van der Waals surface area contributed by atoms with E-state index in [2.05, 4.69) is 10.1 Å². The second kappa shape index (κ2) is 8.34. The van der Waals surface area contributed by atoms with Gasteiger partial charge in [-0.05, 0) is 13.3 Å². The monoisotopic (exact) mass is 203 g/mol. The number of nitrogens with one attached hydrogen (secondary N) is 1. The van der Waals surface area contributed by atoms with Crippen LogP contribution in [0, 0.1) is 0 Å². The van der Waals surface area contributed by atoms with Crippen molar-refractivity contribution >= 4 is 12.1 Å². The molecule has 0 aliphatic heterocycles. The van der Waals surface area contributed by atoms with E-state index in [9.17, 15) is 9.59 Å². The molecule has 0 radical (unpaired) electrons. The predicted molar refractivity (Wildman–Crippen MR) is 50.9 cm³/mol. The van der Waals surface area contributed by atoms with Crippen molar-refractivity contribution in [2.75, 3.05) is 19.8 Å². The van der Waals surface area contributed by atoms with Crippen molar-refractivity contribution in [2.45, 2.75) is 26.7 Å². The van der Waals surface area contributed by atoms with Crippen molar-refractivity contribution in [3.8, 4) is 0 Å². The fourth-order valence-corrected chi connectivity index (χ4v) is 0.708. The summed E-state index contributed by atoms with van der Waals surface area (Å²) >= 11 is 0. The summed E-state index contributed by atoms with van der Waals surface area (Å²) in [4.78, 5) is 21.7. The van der Waals surface area contributed by atoms with Gasteiger partial charge in [0.2, 0.25) is 0 Å². The van der Waals surface area contributed by atoms with Crippen LogP contribution in [0.15, 0.2) is 0 Å². The molecule has 0 saturated carbocycles. The molecule has 0 saturated heterocycles. The maximum absolute atomic E-state index is 10.9. The Morgan fingerprint density at radius 1 is 1.21 bits per heavy atom. The molecule has 1 amide bonds. The number of alkyl carbamates (subject to hydrolysis) is 1. The number of hydrogen-bond donors (Lipinski definition) is 1. The summed E-state index contributed by atoms with van der Waals surface area (Å²) in [5.41, 5.74) is 0. The van der Waals surface area contributed by atoms with Gasteiger partial charge in [0.25, 0.3) is 0 Å². The van der Waals surface area contributed by atoms with E-state index < -0.39 is 12.1 Å². The number of rotatable bonds is 6. The van der Waals surface area contributed by atoms with Gasteiger partial charge in [0.15, 0.2) is 0 Å². The molecule has 0 bridgehead atoms. The third kappa shape index (κ3) is 7.39. The van der Waals surface area contributed by atoms with Crippen molar-refractivity contribution in [1.82, 2.24) is 5.32 Å². The zero-order valence-corrected chi connectivity index (χ0v) is 8.67. The molecule has 0 fully saturated rings. The van der Waals surface area contributed by atoms with Crippen LogP contribution < -0.4 is 5.32 Å². The van der Waals surface area contributed by atoms with Crippen LogP contribution in [0.4, 0.5) is 4.79 Å². The molecule has 14 heavy (non-hydrogen) atoms.